The van der Waals surface area contributed by atoms with Crippen LogP contribution in [0.2, 0.25) is 0 Å². The zero-order chi connectivity index (χ0) is 28.1. The number of alkyl halides is 3. The van der Waals surface area contributed by atoms with Crippen molar-refractivity contribution < 1.29 is 27.8 Å². The van der Waals surface area contributed by atoms with Gasteiger partial charge in [0.1, 0.15) is 5.75 Å². The van der Waals surface area contributed by atoms with E-state index in [-0.39, 0.29) is 12.5 Å². The number of anilines is 2. The molecule has 0 spiro atoms. The molecule has 0 fully saturated rings. The van der Waals surface area contributed by atoms with E-state index in [0.717, 1.165) is 25.1 Å². The van der Waals surface area contributed by atoms with E-state index in [1.54, 1.807) is 13.2 Å². The van der Waals surface area contributed by atoms with Crippen molar-refractivity contribution in [3.05, 3.63) is 66.4 Å². The van der Waals surface area contributed by atoms with Crippen molar-refractivity contribution in [1.82, 2.24) is 4.90 Å². The van der Waals surface area contributed by atoms with E-state index in [1.807, 2.05) is 87.2 Å². The van der Waals surface area contributed by atoms with Crippen LogP contribution in [-0.2, 0) is 11.3 Å². The Morgan fingerprint density at radius 3 is 2.27 bits per heavy atom. The van der Waals surface area contributed by atoms with Crippen LogP contribution in [0, 0.1) is 0 Å². The van der Waals surface area contributed by atoms with Gasteiger partial charge < -0.3 is 24.8 Å². The molecular formula is C28H44F3N3O3. The third-order valence-corrected chi connectivity index (χ3v) is 4.91. The Bertz CT molecular complexity index is 846. The predicted octanol–water partition coefficient (Wildman–Crippen LogP) is 6.88. The topological polar surface area (TPSA) is 57.2 Å². The highest BCUT2D eigenvalue weighted by atomic mass is 19.4. The van der Waals surface area contributed by atoms with Gasteiger partial charge in [0.15, 0.2) is 0 Å². The molecule has 2 aromatic carbocycles. The van der Waals surface area contributed by atoms with Gasteiger partial charge in [-0.25, -0.2) is 0 Å². The van der Waals surface area contributed by atoms with Crippen LogP contribution in [0.1, 0.15) is 46.1 Å². The van der Waals surface area contributed by atoms with Gasteiger partial charge in [-0.3, -0.25) is 4.90 Å². The zero-order valence-electron chi connectivity index (χ0n) is 23.0. The second kappa shape index (κ2) is 20.3. The van der Waals surface area contributed by atoms with Crippen molar-refractivity contribution in [1.29, 1.82) is 0 Å². The average molecular weight is 528 g/mol. The Labute approximate surface area is 220 Å². The summed E-state index contributed by atoms with van der Waals surface area (Å²) in [6, 6.07) is 14.3. The quantitative estimate of drug-likeness (QED) is 0.219. The van der Waals surface area contributed by atoms with E-state index < -0.39 is 6.36 Å². The molecule has 0 heterocycles. The summed E-state index contributed by atoms with van der Waals surface area (Å²) in [5.74, 6) is -0.262. The minimum absolute atomic E-state index is 0.0127. The SMILES string of the molecule is CC.CC/C=C\N(C)c1ccc(OC(F)(F)F)cc1NCCCN(CC)CO.COCc1ccccc1. The maximum atomic E-state index is 12.5. The van der Waals surface area contributed by atoms with Crippen molar-refractivity contribution >= 4 is 11.4 Å². The molecule has 0 aliphatic heterocycles. The molecule has 2 rings (SSSR count). The lowest BCUT2D eigenvalue weighted by molar-refractivity contribution is -0.274. The number of halogens is 3. The smallest absolute Gasteiger partial charge is 0.406 e. The maximum Gasteiger partial charge on any atom is 0.573 e. The fourth-order valence-corrected chi connectivity index (χ4v) is 3.10. The van der Waals surface area contributed by atoms with Gasteiger partial charge in [-0.05, 0) is 43.3 Å². The van der Waals surface area contributed by atoms with E-state index in [2.05, 4.69) is 10.1 Å². The van der Waals surface area contributed by atoms with Gasteiger partial charge in [-0.1, -0.05) is 64.1 Å². The number of hydrogen-bond donors (Lipinski definition) is 2. The molecule has 0 aliphatic rings. The number of nitrogens with one attached hydrogen (secondary N) is 1. The summed E-state index contributed by atoms with van der Waals surface area (Å²) in [5.41, 5.74) is 2.53. The molecule has 0 saturated carbocycles. The molecule has 2 N–H and O–H groups in total. The molecule has 37 heavy (non-hydrogen) atoms. The number of hydrogen-bond acceptors (Lipinski definition) is 6. The number of nitrogens with zero attached hydrogens (tertiary/aromatic N) is 2. The minimum Gasteiger partial charge on any atom is -0.406 e. The number of ether oxygens (including phenoxy) is 2. The third-order valence-electron chi connectivity index (χ3n) is 4.91. The van der Waals surface area contributed by atoms with Crippen LogP contribution in [0.15, 0.2) is 60.8 Å². The van der Waals surface area contributed by atoms with Gasteiger partial charge in [-0.2, -0.15) is 0 Å². The van der Waals surface area contributed by atoms with E-state index in [0.29, 0.717) is 25.4 Å². The van der Waals surface area contributed by atoms with Crippen LogP contribution in [0.4, 0.5) is 24.5 Å². The Morgan fingerprint density at radius 2 is 1.73 bits per heavy atom. The highest BCUT2D eigenvalue weighted by Crippen LogP contribution is 2.32. The predicted molar refractivity (Wildman–Crippen MR) is 147 cm³/mol. The summed E-state index contributed by atoms with van der Waals surface area (Å²) in [4.78, 5) is 3.71. The van der Waals surface area contributed by atoms with Gasteiger partial charge >= 0.3 is 6.36 Å². The number of methoxy groups -OCH3 is 1. The summed E-state index contributed by atoms with van der Waals surface area (Å²) >= 11 is 0. The van der Waals surface area contributed by atoms with Crippen LogP contribution in [-0.4, -0.2) is 56.9 Å². The zero-order valence-corrected chi connectivity index (χ0v) is 23.0. The molecule has 0 saturated heterocycles. The minimum atomic E-state index is -4.73. The van der Waals surface area contributed by atoms with Gasteiger partial charge in [0.2, 0.25) is 0 Å². The second-order valence-corrected chi connectivity index (χ2v) is 7.68. The highest BCUT2D eigenvalue weighted by molar-refractivity contribution is 5.72. The van der Waals surface area contributed by atoms with Crippen molar-refractivity contribution in [2.45, 2.75) is 53.5 Å². The van der Waals surface area contributed by atoms with Crippen molar-refractivity contribution in [3.8, 4) is 5.75 Å². The number of aliphatic hydroxyl groups excluding tert-OH is 1. The molecule has 0 aliphatic carbocycles. The van der Waals surface area contributed by atoms with Crippen molar-refractivity contribution in [2.24, 2.45) is 0 Å². The van der Waals surface area contributed by atoms with Crippen LogP contribution >= 0.6 is 0 Å². The lowest BCUT2D eigenvalue weighted by Gasteiger charge is -2.22. The van der Waals surface area contributed by atoms with Gasteiger partial charge in [-0.15, -0.1) is 13.2 Å². The standard InChI is InChI=1S/C18H28F3N3O2.C8H10O.C2H6/c1-4-6-11-23(3)17-9-8-15(26-18(19,20)21)13-16(17)22-10-7-12-24(5-2)14-25;1-9-7-8-5-3-2-4-6-8;1-2/h6,8-9,11,13,22,25H,4-5,7,10,12,14H2,1-3H3;2-6H,7H2,1H3;1-2H3/b11-6-;;. The number of rotatable bonds is 13. The van der Waals surface area contributed by atoms with Crippen LogP contribution in [0.3, 0.4) is 0 Å². The molecule has 210 valence electrons. The van der Waals surface area contributed by atoms with E-state index in [9.17, 15) is 13.2 Å². The lowest BCUT2D eigenvalue weighted by atomic mass is 10.2. The first-order valence-corrected chi connectivity index (χ1v) is 12.6. The number of allylic oxidation sites excluding steroid dienone is 1. The fraction of sp³-hybridized carbons (Fsp3) is 0.500. The van der Waals surface area contributed by atoms with Gasteiger partial charge in [0, 0.05) is 33.3 Å². The lowest BCUT2D eigenvalue weighted by Crippen LogP contribution is -2.26. The maximum absolute atomic E-state index is 12.5. The van der Waals surface area contributed by atoms with Crippen molar-refractivity contribution in [3.63, 3.8) is 0 Å². The van der Waals surface area contributed by atoms with Crippen molar-refractivity contribution in [2.75, 3.05) is 50.7 Å². The highest BCUT2D eigenvalue weighted by Gasteiger charge is 2.31. The second-order valence-electron chi connectivity index (χ2n) is 7.68. The molecule has 0 aromatic heterocycles. The Kier molecular flexibility index (Phi) is 18.8. The first-order chi connectivity index (χ1) is 17.7. The number of aliphatic hydroxyl groups is 1. The molecule has 0 unspecified atom stereocenters. The Hall–Kier alpha value is -2.75. The normalized spacial score (nSPS) is 10.9. The van der Waals surface area contributed by atoms with Gasteiger partial charge in [0.25, 0.3) is 0 Å². The summed E-state index contributed by atoms with van der Waals surface area (Å²) < 4.78 is 46.4. The third kappa shape index (κ3) is 15.9. The first-order valence-electron chi connectivity index (χ1n) is 12.6. The van der Waals surface area contributed by atoms with E-state index in [1.165, 1.54) is 17.7 Å². The number of benzene rings is 2. The first kappa shape index (κ1) is 34.2. The van der Waals surface area contributed by atoms with Crippen LogP contribution in [0.25, 0.3) is 0 Å². The van der Waals surface area contributed by atoms with Crippen LogP contribution < -0.4 is 15.0 Å². The Morgan fingerprint density at radius 1 is 1.05 bits per heavy atom. The molecule has 0 amide bonds. The largest absolute Gasteiger partial charge is 0.573 e. The molecule has 6 nitrogen and oxygen atoms in total. The summed E-state index contributed by atoms with van der Waals surface area (Å²) in [6.07, 6.45) is 0.707. The molecule has 0 atom stereocenters. The van der Waals surface area contributed by atoms with E-state index in [4.69, 9.17) is 9.84 Å². The molecule has 0 radical (unpaired) electrons. The molecule has 2 aromatic rings. The molecular weight excluding hydrogens is 483 g/mol. The van der Waals surface area contributed by atoms with E-state index >= 15 is 0 Å². The summed E-state index contributed by atoms with van der Waals surface area (Å²) in [7, 11) is 3.54. The van der Waals surface area contributed by atoms with Gasteiger partial charge in [0.05, 0.1) is 24.7 Å². The van der Waals surface area contributed by atoms with Crippen LogP contribution in [0.5, 0.6) is 5.75 Å². The average Bonchev–Trinajstić information content (AvgIpc) is 2.89. The summed E-state index contributed by atoms with van der Waals surface area (Å²) in [5, 5.41) is 12.3. The molecule has 9 heteroatoms. The summed E-state index contributed by atoms with van der Waals surface area (Å²) in [6.45, 7) is 10.6. The monoisotopic (exact) mass is 527 g/mol. The molecule has 0 bridgehead atoms. The fourth-order valence-electron chi connectivity index (χ4n) is 3.10. The Balaban J connectivity index is 0.000000977.